The number of carbonyl (C=O) groups excluding carboxylic acids is 2. The van der Waals surface area contributed by atoms with Crippen LogP contribution in [0.1, 0.15) is 19.8 Å². The highest BCUT2D eigenvalue weighted by atomic mass is 35.5. The summed E-state index contributed by atoms with van der Waals surface area (Å²) >= 11 is 6.15. The first-order valence-electron chi connectivity index (χ1n) is 8.77. The molecule has 0 unspecified atom stereocenters. The van der Waals surface area contributed by atoms with Gasteiger partial charge in [-0.2, -0.15) is 18.2 Å². The van der Waals surface area contributed by atoms with Gasteiger partial charge < -0.3 is 9.47 Å². The molecule has 0 fully saturated rings. The molecule has 2 heterocycles. The first-order chi connectivity index (χ1) is 14.2. The normalized spacial score (nSPS) is 14.6. The Labute approximate surface area is 174 Å². The molecule has 1 aliphatic heterocycles. The molecule has 0 bridgehead atoms. The van der Waals surface area contributed by atoms with E-state index in [2.05, 4.69) is 9.98 Å². The SMILES string of the molecule is CCCOc1ncccc1Oc1cc(N2C(=O)CC(C(F)(F)F)=NC2=O)ccc1Cl. The topological polar surface area (TPSA) is 81.1 Å². The average Bonchev–Trinajstić information content (AvgIpc) is 2.68. The first-order valence-corrected chi connectivity index (χ1v) is 9.15. The zero-order valence-corrected chi connectivity index (χ0v) is 16.3. The van der Waals surface area contributed by atoms with Crippen molar-refractivity contribution in [2.75, 3.05) is 11.5 Å². The van der Waals surface area contributed by atoms with Gasteiger partial charge in [-0.05, 0) is 30.7 Å². The number of benzene rings is 1. The summed E-state index contributed by atoms with van der Waals surface area (Å²) in [6, 6.07) is 5.74. The minimum Gasteiger partial charge on any atom is -0.475 e. The number of amides is 3. The predicted molar refractivity (Wildman–Crippen MR) is 103 cm³/mol. The number of hydrogen-bond donors (Lipinski definition) is 0. The molecule has 7 nitrogen and oxygen atoms in total. The summed E-state index contributed by atoms with van der Waals surface area (Å²) in [6.07, 6.45) is -3.66. The van der Waals surface area contributed by atoms with Crippen molar-refractivity contribution in [1.29, 1.82) is 0 Å². The first kappa shape index (κ1) is 21.6. The van der Waals surface area contributed by atoms with E-state index in [4.69, 9.17) is 21.1 Å². The summed E-state index contributed by atoms with van der Waals surface area (Å²) in [5, 5.41) is 0.139. The maximum absolute atomic E-state index is 12.8. The van der Waals surface area contributed by atoms with E-state index in [0.717, 1.165) is 6.42 Å². The zero-order valence-electron chi connectivity index (χ0n) is 15.6. The third kappa shape index (κ3) is 4.70. The van der Waals surface area contributed by atoms with E-state index in [1.165, 1.54) is 24.4 Å². The van der Waals surface area contributed by atoms with Crippen LogP contribution >= 0.6 is 11.6 Å². The van der Waals surface area contributed by atoms with E-state index in [-0.39, 0.29) is 28.1 Å². The number of carbonyl (C=O) groups is 2. The lowest BCUT2D eigenvalue weighted by molar-refractivity contribution is -0.118. The van der Waals surface area contributed by atoms with Gasteiger partial charge in [0.2, 0.25) is 5.91 Å². The Morgan fingerprint density at radius 2 is 1.97 bits per heavy atom. The number of nitrogens with zero attached hydrogens (tertiary/aromatic N) is 3. The lowest BCUT2D eigenvalue weighted by Gasteiger charge is -2.24. The van der Waals surface area contributed by atoms with E-state index >= 15 is 0 Å². The van der Waals surface area contributed by atoms with Crippen LogP contribution in [0.15, 0.2) is 41.5 Å². The van der Waals surface area contributed by atoms with Crippen LogP contribution in [0.5, 0.6) is 17.4 Å². The van der Waals surface area contributed by atoms with Crippen LogP contribution in [0.25, 0.3) is 0 Å². The number of aliphatic imine (C=N–C) groups is 1. The molecule has 11 heteroatoms. The van der Waals surface area contributed by atoms with Gasteiger partial charge in [0, 0.05) is 12.3 Å². The lowest BCUT2D eigenvalue weighted by atomic mass is 10.1. The number of alkyl halides is 3. The molecule has 158 valence electrons. The quantitative estimate of drug-likeness (QED) is 0.617. The molecular formula is C19H15ClF3N3O4. The molecule has 1 aromatic heterocycles. The molecular weight excluding hydrogens is 427 g/mol. The smallest absolute Gasteiger partial charge is 0.430 e. The van der Waals surface area contributed by atoms with Gasteiger partial charge in [0.25, 0.3) is 5.88 Å². The van der Waals surface area contributed by atoms with Gasteiger partial charge in [0.15, 0.2) is 5.75 Å². The molecule has 30 heavy (non-hydrogen) atoms. The van der Waals surface area contributed by atoms with Gasteiger partial charge in [-0.3, -0.25) is 4.79 Å². The Hall–Kier alpha value is -3.14. The zero-order chi connectivity index (χ0) is 21.9. The highest BCUT2D eigenvalue weighted by Gasteiger charge is 2.43. The Morgan fingerprint density at radius 1 is 1.20 bits per heavy atom. The highest BCUT2D eigenvalue weighted by molar-refractivity contribution is 6.32. The van der Waals surface area contributed by atoms with Crippen LogP contribution in [0.2, 0.25) is 5.02 Å². The Bertz CT molecular complexity index is 1010. The van der Waals surface area contributed by atoms with Crippen molar-refractivity contribution in [1.82, 2.24) is 4.98 Å². The van der Waals surface area contributed by atoms with E-state index in [0.29, 0.717) is 11.5 Å². The van der Waals surface area contributed by atoms with Gasteiger partial charge in [0.1, 0.15) is 11.5 Å². The Kier molecular flexibility index (Phi) is 6.25. The van der Waals surface area contributed by atoms with Gasteiger partial charge in [-0.25, -0.2) is 14.7 Å². The van der Waals surface area contributed by atoms with Gasteiger partial charge in [0.05, 0.1) is 23.7 Å². The molecule has 2 aromatic rings. The van der Waals surface area contributed by atoms with Crippen LogP contribution in [-0.4, -0.2) is 35.4 Å². The minimum atomic E-state index is -4.86. The van der Waals surface area contributed by atoms with Crippen LogP contribution in [0, 0.1) is 0 Å². The second-order valence-electron chi connectivity index (χ2n) is 6.12. The lowest BCUT2D eigenvalue weighted by Crippen LogP contribution is -2.44. The average molecular weight is 442 g/mol. The number of aromatic nitrogens is 1. The molecule has 0 spiro atoms. The van der Waals surface area contributed by atoms with Crippen molar-refractivity contribution in [3.63, 3.8) is 0 Å². The maximum Gasteiger partial charge on any atom is 0.430 e. The van der Waals surface area contributed by atoms with Crippen molar-refractivity contribution < 1.29 is 32.2 Å². The molecule has 3 amide bonds. The molecule has 0 radical (unpaired) electrons. The number of ether oxygens (including phenoxy) is 2. The molecule has 0 saturated heterocycles. The van der Waals surface area contributed by atoms with Crippen LogP contribution in [-0.2, 0) is 4.79 Å². The summed E-state index contributed by atoms with van der Waals surface area (Å²) < 4.78 is 49.6. The summed E-state index contributed by atoms with van der Waals surface area (Å²) in [4.78, 5) is 31.9. The van der Waals surface area contributed by atoms with Crippen molar-refractivity contribution >= 4 is 34.9 Å². The maximum atomic E-state index is 12.8. The number of halogens is 4. The van der Waals surface area contributed by atoms with Crippen molar-refractivity contribution in [3.8, 4) is 17.4 Å². The number of pyridine rings is 1. The fourth-order valence-electron chi connectivity index (χ4n) is 2.54. The number of hydrogen-bond acceptors (Lipinski definition) is 5. The van der Waals surface area contributed by atoms with Crippen LogP contribution in [0.4, 0.5) is 23.7 Å². The largest absolute Gasteiger partial charge is 0.475 e. The highest BCUT2D eigenvalue weighted by Crippen LogP contribution is 2.37. The van der Waals surface area contributed by atoms with Gasteiger partial charge in [-0.15, -0.1) is 0 Å². The third-order valence-electron chi connectivity index (χ3n) is 3.89. The molecule has 0 atom stereocenters. The molecule has 0 N–H and O–H groups in total. The number of rotatable bonds is 6. The molecule has 0 saturated carbocycles. The summed E-state index contributed by atoms with van der Waals surface area (Å²) in [5.41, 5.74) is -1.47. The summed E-state index contributed by atoms with van der Waals surface area (Å²) in [7, 11) is 0. The van der Waals surface area contributed by atoms with E-state index in [1.807, 2.05) is 6.92 Å². The second kappa shape index (κ2) is 8.70. The Balaban J connectivity index is 1.91. The minimum absolute atomic E-state index is 0.0331. The number of urea groups is 1. The fraction of sp³-hybridized carbons (Fsp3) is 0.263. The molecule has 1 aliphatic rings. The molecule has 0 aliphatic carbocycles. The fourth-order valence-corrected chi connectivity index (χ4v) is 2.70. The second-order valence-corrected chi connectivity index (χ2v) is 6.52. The van der Waals surface area contributed by atoms with E-state index < -0.39 is 30.2 Å². The number of anilines is 1. The van der Waals surface area contributed by atoms with Crippen molar-refractivity contribution in [2.45, 2.75) is 25.9 Å². The monoisotopic (exact) mass is 441 g/mol. The van der Waals surface area contributed by atoms with Crippen LogP contribution in [0.3, 0.4) is 0 Å². The van der Waals surface area contributed by atoms with E-state index in [9.17, 15) is 22.8 Å². The summed E-state index contributed by atoms with van der Waals surface area (Å²) in [5.74, 6) is -0.567. The standard InChI is InChI=1S/C19H15ClF3N3O4/c1-2-8-29-17-13(4-3-7-24-17)30-14-9-11(5-6-12(14)20)26-16(27)10-15(19(21,22)23)25-18(26)28/h3-7,9H,2,8,10H2,1H3. The predicted octanol–water partition coefficient (Wildman–Crippen LogP) is 5.18. The van der Waals surface area contributed by atoms with Crippen LogP contribution < -0.4 is 14.4 Å². The molecule has 3 rings (SSSR count). The summed E-state index contributed by atoms with van der Waals surface area (Å²) in [6.45, 7) is 2.32. The number of imide groups is 1. The van der Waals surface area contributed by atoms with Crippen molar-refractivity contribution in [3.05, 3.63) is 41.6 Å². The van der Waals surface area contributed by atoms with E-state index in [1.54, 1.807) is 12.1 Å². The van der Waals surface area contributed by atoms with Gasteiger partial charge in [-0.1, -0.05) is 18.5 Å². The third-order valence-corrected chi connectivity index (χ3v) is 4.20. The van der Waals surface area contributed by atoms with Crippen molar-refractivity contribution in [2.24, 2.45) is 4.99 Å². The molecule has 1 aromatic carbocycles. The Morgan fingerprint density at radius 3 is 2.63 bits per heavy atom. The van der Waals surface area contributed by atoms with Gasteiger partial charge >= 0.3 is 12.2 Å².